The van der Waals surface area contributed by atoms with Gasteiger partial charge in [-0.25, -0.2) is 0 Å². The molecule has 0 bridgehead atoms. The lowest BCUT2D eigenvalue weighted by Gasteiger charge is -2.27. The van der Waals surface area contributed by atoms with E-state index in [-0.39, 0.29) is 11.3 Å². The Morgan fingerprint density at radius 1 is 0.971 bits per heavy atom. The number of nitrogens with zero attached hydrogens (tertiary/aromatic N) is 3. The number of anilines is 1. The van der Waals surface area contributed by atoms with Crippen molar-refractivity contribution in [3.8, 4) is 5.75 Å². The van der Waals surface area contributed by atoms with E-state index in [4.69, 9.17) is 4.74 Å². The molecule has 7 heteroatoms. The van der Waals surface area contributed by atoms with Crippen LogP contribution < -0.4 is 9.64 Å². The maximum atomic E-state index is 13.2. The molecule has 0 spiro atoms. The molecule has 1 atom stereocenters. The molecule has 0 radical (unpaired) electrons. The van der Waals surface area contributed by atoms with Crippen molar-refractivity contribution in [2.24, 2.45) is 0 Å². The quantitative estimate of drug-likeness (QED) is 0.294. The fourth-order valence-corrected chi connectivity index (χ4v) is 4.45. The van der Waals surface area contributed by atoms with Gasteiger partial charge in [-0.2, -0.15) is 0 Å². The summed E-state index contributed by atoms with van der Waals surface area (Å²) in [7, 11) is 3.92. The van der Waals surface area contributed by atoms with Gasteiger partial charge in [-0.1, -0.05) is 26.0 Å². The van der Waals surface area contributed by atoms with Crippen molar-refractivity contribution in [3.63, 3.8) is 0 Å². The molecule has 0 saturated carbocycles. The van der Waals surface area contributed by atoms with E-state index in [2.05, 4.69) is 18.7 Å². The van der Waals surface area contributed by atoms with Gasteiger partial charge in [0.2, 0.25) is 0 Å². The van der Waals surface area contributed by atoms with Crippen LogP contribution in [-0.4, -0.2) is 73.5 Å². The molecule has 2 aromatic rings. The largest absolute Gasteiger partial charge is 0.507 e. The molecule has 1 N–H and O–H groups in total. The first-order valence-electron chi connectivity index (χ1n) is 12.3. The number of hydrogen-bond acceptors (Lipinski definition) is 6. The number of aliphatic hydroxyl groups excluding tert-OH is 1. The summed E-state index contributed by atoms with van der Waals surface area (Å²) in [6, 6.07) is 14.0. The summed E-state index contributed by atoms with van der Waals surface area (Å²) in [5.74, 6) is -0.712. The van der Waals surface area contributed by atoms with Crippen molar-refractivity contribution in [1.82, 2.24) is 9.80 Å². The van der Waals surface area contributed by atoms with E-state index in [1.807, 2.05) is 50.2 Å². The van der Waals surface area contributed by atoms with Crippen LogP contribution in [0, 0.1) is 0 Å². The van der Waals surface area contributed by atoms with Crippen LogP contribution in [0.5, 0.6) is 5.75 Å². The molecule has 1 fully saturated rings. The molecule has 1 aliphatic heterocycles. The summed E-state index contributed by atoms with van der Waals surface area (Å²) in [6.45, 7) is 9.79. The van der Waals surface area contributed by atoms with Crippen LogP contribution >= 0.6 is 0 Å². The minimum Gasteiger partial charge on any atom is -0.507 e. The van der Waals surface area contributed by atoms with Crippen molar-refractivity contribution >= 4 is 23.1 Å². The molecule has 1 unspecified atom stereocenters. The summed E-state index contributed by atoms with van der Waals surface area (Å²) in [6.07, 6.45) is 0.740. The zero-order valence-electron chi connectivity index (χ0n) is 21.5. The Morgan fingerprint density at radius 3 is 2.14 bits per heavy atom. The van der Waals surface area contributed by atoms with Crippen LogP contribution in [0.2, 0.25) is 0 Å². The van der Waals surface area contributed by atoms with Crippen molar-refractivity contribution in [1.29, 1.82) is 0 Å². The predicted molar refractivity (Wildman–Crippen MR) is 140 cm³/mol. The molecule has 1 heterocycles. The number of aliphatic hydroxyl groups is 1. The second-order valence-electron chi connectivity index (χ2n) is 8.82. The number of rotatable bonds is 11. The second-order valence-corrected chi connectivity index (χ2v) is 8.82. The Morgan fingerprint density at radius 2 is 1.60 bits per heavy atom. The Hall–Kier alpha value is -3.32. The van der Waals surface area contributed by atoms with Gasteiger partial charge in [-0.15, -0.1) is 0 Å². The first-order chi connectivity index (χ1) is 16.8. The van der Waals surface area contributed by atoms with Crippen LogP contribution in [0.4, 0.5) is 5.69 Å². The monoisotopic (exact) mass is 479 g/mol. The number of carbonyl (C=O) groups is 2. The molecule has 188 valence electrons. The Balaban J connectivity index is 2.01. The van der Waals surface area contributed by atoms with Crippen LogP contribution in [0.15, 0.2) is 54.1 Å². The number of hydrogen-bond donors (Lipinski definition) is 1. The van der Waals surface area contributed by atoms with Gasteiger partial charge in [0.05, 0.1) is 18.2 Å². The molecule has 3 rings (SSSR count). The minimum atomic E-state index is -0.652. The zero-order chi connectivity index (χ0) is 25.5. The molecular weight excluding hydrogens is 442 g/mol. The number of likely N-dealkylation sites (tertiary alicyclic amines) is 1. The highest BCUT2D eigenvalue weighted by Crippen LogP contribution is 2.40. The average molecular weight is 480 g/mol. The van der Waals surface area contributed by atoms with Crippen LogP contribution in [-0.2, 0) is 9.59 Å². The number of carbonyl (C=O) groups excluding carboxylic acids is 2. The van der Waals surface area contributed by atoms with Crippen molar-refractivity contribution < 1.29 is 19.4 Å². The van der Waals surface area contributed by atoms with Gasteiger partial charge < -0.3 is 24.5 Å². The van der Waals surface area contributed by atoms with Gasteiger partial charge in [0.15, 0.2) is 0 Å². The Bertz CT molecular complexity index is 1040. The van der Waals surface area contributed by atoms with E-state index in [0.29, 0.717) is 24.5 Å². The SMILES string of the molecule is CCOc1ccc(C(O)=C2C(=O)C(=O)N(CCCN(CC)CC)C2c2ccc(N(C)C)cc2)cc1. The number of amides is 1. The number of Topliss-reactive ketones (excluding diaryl/α,β-unsaturated/α-hetero) is 1. The molecule has 0 aliphatic carbocycles. The van der Waals surface area contributed by atoms with Crippen LogP contribution in [0.1, 0.15) is 44.4 Å². The van der Waals surface area contributed by atoms with Crippen molar-refractivity contribution in [3.05, 3.63) is 65.2 Å². The van der Waals surface area contributed by atoms with Crippen molar-refractivity contribution in [2.75, 3.05) is 51.8 Å². The smallest absolute Gasteiger partial charge is 0.295 e. The lowest BCUT2D eigenvalue weighted by Crippen LogP contribution is -2.33. The summed E-state index contributed by atoms with van der Waals surface area (Å²) in [5, 5.41) is 11.2. The highest BCUT2D eigenvalue weighted by Gasteiger charge is 2.45. The van der Waals surface area contributed by atoms with E-state index in [1.165, 1.54) is 0 Å². The molecule has 1 saturated heterocycles. The summed E-state index contributed by atoms with van der Waals surface area (Å²) in [4.78, 5) is 32.3. The number of benzene rings is 2. The molecule has 1 aliphatic rings. The highest BCUT2D eigenvalue weighted by molar-refractivity contribution is 6.46. The average Bonchev–Trinajstić information content (AvgIpc) is 3.12. The van der Waals surface area contributed by atoms with E-state index < -0.39 is 17.7 Å². The topological polar surface area (TPSA) is 73.3 Å². The van der Waals surface area contributed by atoms with Gasteiger partial charge in [-0.3, -0.25) is 9.59 Å². The molecule has 0 aromatic heterocycles. The maximum absolute atomic E-state index is 13.2. The highest BCUT2D eigenvalue weighted by atomic mass is 16.5. The van der Waals surface area contributed by atoms with E-state index in [9.17, 15) is 14.7 Å². The fourth-order valence-electron chi connectivity index (χ4n) is 4.45. The summed E-state index contributed by atoms with van der Waals surface area (Å²) in [5.41, 5.74) is 2.41. The lowest BCUT2D eigenvalue weighted by molar-refractivity contribution is -0.140. The van der Waals surface area contributed by atoms with Crippen LogP contribution in [0.25, 0.3) is 5.76 Å². The standard InChI is InChI=1S/C28H37N3O4/c1-6-30(7-2)18-9-19-31-25(20-10-14-22(15-11-20)29(4)5)24(27(33)28(31)34)26(32)21-12-16-23(17-13-21)35-8-3/h10-17,25,32H,6-9,18-19H2,1-5H3. The third-order valence-electron chi connectivity index (χ3n) is 6.47. The first-order valence-corrected chi connectivity index (χ1v) is 12.3. The van der Waals surface area contributed by atoms with Gasteiger partial charge in [-0.05, 0) is 74.9 Å². The van der Waals surface area contributed by atoms with E-state index in [1.54, 1.807) is 29.2 Å². The van der Waals surface area contributed by atoms with Crippen molar-refractivity contribution in [2.45, 2.75) is 33.2 Å². The Kier molecular flexibility index (Phi) is 8.93. The normalized spacial score (nSPS) is 17.3. The van der Waals surface area contributed by atoms with Gasteiger partial charge in [0.1, 0.15) is 11.5 Å². The zero-order valence-corrected chi connectivity index (χ0v) is 21.5. The van der Waals surface area contributed by atoms with Gasteiger partial charge >= 0.3 is 0 Å². The lowest BCUT2D eigenvalue weighted by atomic mass is 9.95. The van der Waals surface area contributed by atoms with E-state index in [0.717, 1.165) is 37.3 Å². The van der Waals surface area contributed by atoms with Crippen LogP contribution in [0.3, 0.4) is 0 Å². The van der Waals surface area contributed by atoms with E-state index >= 15 is 0 Å². The molecule has 1 amide bonds. The molecule has 7 nitrogen and oxygen atoms in total. The summed E-state index contributed by atoms with van der Waals surface area (Å²) >= 11 is 0. The third kappa shape index (κ3) is 5.85. The third-order valence-corrected chi connectivity index (χ3v) is 6.47. The van der Waals surface area contributed by atoms with Gasteiger partial charge in [0, 0.05) is 31.9 Å². The number of ketones is 1. The predicted octanol–water partition coefficient (Wildman–Crippen LogP) is 4.30. The second kappa shape index (κ2) is 11.9. The molecular formula is C28H37N3O4. The fraction of sp³-hybridized carbons (Fsp3) is 0.429. The first kappa shape index (κ1) is 26.3. The van der Waals surface area contributed by atoms with Gasteiger partial charge in [0.25, 0.3) is 11.7 Å². The number of ether oxygens (including phenoxy) is 1. The Labute approximate surface area is 208 Å². The molecule has 2 aromatic carbocycles. The summed E-state index contributed by atoms with van der Waals surface area (Å²) < 4.78 is 5.49. The minimum absolute atomic E-state index is 0.125. The molecule has 35 heavy (non-hydrogen) atoms. The maximum Gasteiger partial charge on any atom is 0.295 e.